The van der Waals surface area contributed by atoms with Crippen LogP contribution in [0.4, 0.5) is 11.9 Å². The van der Waals surface area contributed by atoms with Crippen molar-refractivity contribution in [2.45, 2.75) is 13.5 Å². The highest BCUT2D eigenvalue weighted by Gasteiger charge is 2.03. The smallest absolute Gasteiger partial charge is 0.228 e. The SMILES string of the molecule is CCNc1nc(Cl)nc(NCCn2ccnc2)n1. The van der Waals surface area contributed by atoms with Gasteiger partial charge in [0.15, 0.2) is 0 Å². The van der Waals surface area contributed by atoms with Crippen molar-refractivity contribution in [3.05, 3.63) is 24.0 Å². The first-order chi connectivity index (χ1) is 8.78. The topological polar surface area (TPSA) is 80.5 Å². The Hall–Kier alpha value is -1.89. The molecule has 96 valence electrons. The largest absolute Gasteiger partial charge is 0.354 e. The van der Waals surface area contributed by atoms with Crippen molar-refractivity contribution >= 4 is 23.5 Å². The van der Waals surface area contributed by atoms with Crippen LogP contribution in [0.3, 0.4) is 0 Å². The molecule has 2 N–H and O–H groups in total. The normalized spacial score (nSPS) is 10.3. The first kappa shape index (κ1) is 12.6. The van der Waals surface area contributed by atoms with E-state index in [1.807, 2.05) is 17.7 Å². The second kappa shape index (κ2) is 6.15. The maximum atomic E-state index is 5.81. The zero-order chi connectivity index (χ0) is 12.8. The lowest BCUT2D eigenvalue weighted by Gasteiger charge is -2.07. The van der Waals surface area contributed by atoms with E-state index in [1.54, 1.807) is 12.5 Å². The first-order valence-corrected chi connectivity index (χ1v) is 6.01. The molecule has 0 unspecified atom stereocenters. The monoisotopic (exact) mass is 267 g/mol. The molecule has 0 bridgehead atoms. The van der Waals surface area contributed by atoms with Crippen LogP contribution in [0.5, 0.6) is 0 Å². The third-order valence-corrected chi connectivity index (χ3v) is 2.32. The maximum absolute atomic E-state index is 5.81. The van der Waals surface area contributed by atoms with Crippen LogP contribution in [-0.4, -0.2) is 37.6 Å². The van der Waals surface area contributed by atoms with Gasteiger partial charge in [-0.2, -0.15) is 15.0 Å². The minimum Gasteiger partial charge on any atom is -0.354 e. The van der Waals surface area contributed by atoms with Crippen LogP contribution in [0, 0.1) is 0 Å². The third kappa shape index (κ3) is 3.56. The molecule has 0 fully saturated rings. The predicted octanol–water partition coefficient (Wildman–Crippen LogP) is 1.27. The van der Waals surface area contributed by atoms with E-state index in [2.05, 4.69) is 30.6 Å². The Morgan fingerprint density at radius 2 is 2.00 bits per heavy atom. The standard InChI is InChI=1S/C10H14ClN7/c1-2-13-9-15-8(11)16-10(17-9)14-4-6-18-5-3-12-7-18/h3,5,7H,2,4,6H2,1H3,(H2,13,14,15,16,17). The second-order valence-corrected chi connectivity index (χ2v) is 3.85. The van der Waals surface area contributed by atoms with E-state index in [0.717, 1.165) is 13.1 Å². The zero-order valence-electron chi connectivity index (χ0n) is 9.97. The molecule has 2 aromatic rings. The summed E-state index contributed by atoms with van der Waals surface area (Å²) in [7, 11) is 0. The highest BCUT2D eigenvalue weighted by Crippen LogP contribution is 2.08. The van der Waals surface area contributed by atoms with Gasteiger partial charge in [-0.25, -0.2) is 4.98 Å². The summed E-state index contributed by atoms with van der Waals surface area (Å²) in [6.07, 6.45) is 5.39. The minimum atomic E-state index is 0.172. The van der Waals surface area contributed by atoms with Gasteiger partial charge in [0, 0.05) is 32.0 Å². The Morgan fingerprint density at radius 1 is 1.22 bits per heavy atom. The molecule has 8 heteroatoms. The Labute approximate surface area is 110 Å². The Kier molecular flexibility index (Phi) is 4.30. The van der Waals surface area contributed by atoms with Gasteiger partial charge in [-0.15, -0.1) is 0 Å². The average molecular weight is 268 g/mol. The average Bonchev–Trinajstić information content (AvgIpc) is 2.82. The maximum Gasteiger partial charge on any atom is 0.228 e. The molecular formula is C10H14ClN7. The van der Waals surface area contributed by atoms with Gasteiger partial charge in [0.25, 0.3) is 0 Å². The van der Waals surface area contributed by atoms with Crippen molar-refractivity contribution in [3.63, 3.8) is 0 Å². The van der Waals surface area contributed by atoms with E-state index < -0.39 is 0 Å². The number of halogens is 1. The Bertz CT molecular complexity index is 485. The molecule has 2 rings (SSSR count). The van der Waals surface area contributed by atoms with Crippen molar-refractivity contribution in [1.82, 2.24) is 24.5 Å². The summed E-state index contributed by atoms with van der Waals surface area (Å²) >= 11 is 5.81. The molecule has 0 spiro atoms. The first-order valence-electron chi connectivity index (χ1n) is 5.63. The fourth-order valence-electron chi connectivity index (χ4n) is 1.38. The van der Waals surface area contributed by atoms with Gasteiger partial charge in [0.2, 0.25) is 17.2 Å². The van der Waals surface area contributed by atoms with Crippen molar-refractivity contribution in [1.29, 1.82) is 0 Å². The lowest BCUT2D eigenvalue weighted by atomic mass is 10.6. The molecule has 0 aliphatic rings. The van der Waals surface area contributed by atoms with Crippen LogP contribution in [-0.2, 0) is 6.54 Å². The molecule has 18 heavy (non-hydrogen) atoms. The molecule has 0 aliphatic heterocycles. The van der Waals surface area contributed by atoms with Gasteiger partial charge in [-0.1, -0.05) is 0 Å². The van der Waals surface area contributed by atoms with Crippen LogP contribution in [0.15, 0.2) is 18.7 Å². The van der Waals surface area contributed by atoms with Crippen LogP contribution < -0.4 is 10.6 Å². The Balaban J connectivity index is 1.92. The quantitative estimate of drug-likeness (QED) is 0.820. The molecule has 0 amide bonds. The van der Waals surface area contributed by atoms with Gasteiger partial charge in [-0.3, -0.25) is 0 Å². The van der Waals surface area contributed by atoms with E-state index in [4.69, 9.17) is 11.6 Å². The molecular weight excluding hydrogens is 254 g/mol. The predicted molar refractivity (Wildman–Crippen MR) is 69.7 cm³/mol. The van der Waals surface area contributed by atoms with E-state index in [1.165, 1.54) is 0 Å². The van der Waals surface area contributed by atoms with Crippen molar-refractivity contribution < 1.29 is 0 Å². The molecule has 0 aromatic carbocycles. The van der Waals surface area contributed by atoms with Crippen LogP contribution in [0.2, 0.25) is 5.28 Å². The summed E-state index contributed by atoms with van der Waals surface area (Å²) in [5.74, 6) is 0.939. The number of nitrogens with one attached hydrogen (secondary N) is 2. The van der Waals surface area contributed by atoms with Crippen LogP contribution >= 0.6 is 11.6 Å². The second-order valence-electron chi connectivity index (χ2n) is 3.51. The van der Waals surface area contributed by atoms with Crippen molar-refractivity contribution in [2.24, 2.45) is 0 Å². The molecule has 0 atom stereocenters. The van der Waals surface area contributed by atoms with Gasteiger partial charge in [0.05, 0.1) is 6.33 Å². The molecule has 2 heterocycles. The number of rotatable bonds is 6. The minimum absolute atomic E-state index is 0.172. The van der Waals surface area contributed by atoms with Crippen molar-refractivity contribution in [2.75, 3.05) is 23.7 Å². The summed E-state index contributed by atoms with van der Waals surface area (Å²) in [5, 5.41) is 6.25. The van der Waals surface area contributed by atoms with E-state index in [0.29, 0.717) is 18.4 Å². The summed E-state index contributed by atoms with van der Waals surface area (Å²) in [4.78, 5) is 16.1. The van der Waals surface area contributed by atoms with Gasteiger partial charge in [-0.05, 0) is 18.5 Å². The zero-order valence-corrected chi connectivity index (χ0v) is 10.7. The van der Waals surface area contributed by atoms with Crippen LogP contribution in [0.25, 0.3) is 0 Å². The number of aromatic nitrogens is 5. The molecule has 0 aliphatic carbocycles. The fourth-order valence-corrected chi connectivity index (χ4v) is 1.54. The van der Waals surface area contributed by atoms with Gasteiger partial charge >= 0.3 is 0 Å². The summed E-state index contributed by atoms with van der Waals surface area (Å²) in [6.45, 7) is 4.15. The number of hydrogen-bond donors (Lipinski definition) is 2. The summed E-state index contributed by atoms with van der Waals surface area (Å²) in [6, 6.07) is 0. The molecule has 7 nitrogen and oxygen atoms in total. The Morgan fingerprint density at radius 3 is 2.67 bits per heavy atom. The van der Waals surface area contributed by atoms with Crippen molar-refractivity contribution in [3.8, 4) is 0 Å². The van der Waals surface area contributed by atoms with E-state index in [-0.39, 0.29) is 5.28 Å². The van der Waals surface area contributed by atoms with Crippen LogP contribution in [0.1, 0.15) is 6.92 Å². The van der Waals surface area contributed by atoms with Gasteiger partial charge < -0.3 is 15.2 Å². The molecule has 2 aromatic heterocycles. The number of hydrogen-bond acceptors (Lipinski definition) is 6. The molecule has 0 saturated carbocycles. The molecule has 0 radical (unpaired) electrons. The third-order valence-electron chi connectivity index (χ3n) is 2.16. The summed E-state index contributed by atoms with van der Waals surface area (Å²) in [5.41, 5.74) is 0. The molecule has 0 saturated heterocycles. The number of anilines is 2. The highest BCUT2D eigenvalue weighted by atomic mass is 35.5. The lowest BCUT2D eigenvalue weighted by Crippen LogP contribution is -2.13. The van der Waals surface area contributed by atoms with Gasteiger partial charge in [0.1, 0.15) is 0 Å². The van der Waals surface area contributed by atoms with E-state index >= 15 is 0 Å². The summed E-state index contributed by atoms with van der Waals surface area (Å²) < 4.78 is 1.96. The highest BCUT2D eigenvalue weighted by molar-refractivity contribution is 6.28. The fraction of sp³-hybridized carbons (Fsp3) is 0.400. The van der Waals surface area contributed by atoms with E-state index in [9.17, 15) is 0 Å². The lowest BCUT2D eigenvalue weighted by molar-refractivity contribution is 0.722. The number of imidazole rings is 1. The number of nitrogens with zero attached hydrogens (tertiary/aromatic N) is 5.